The van der Waals surface area contributed by atoms with Gasteiger partial charge in [-0.05, 0) is 51.1 Å². The van der Waals surface area contributed by atoms with E-state index in [1.807, 2.05) is 32.0 Å². The molecule has 1 N–H and O–H groups in total. The summed E-state index contributed by atoms with van der Waals surface area (Å²) in [5, 5.41) is 2.81. The first-order valence-corrected chi connectivity index (χ1v) is 6.63. The molecule has 0 heterocycles. The molecule has 5 heteroatoms. The fraction of sp³-hybridized carbons (Fsp3) is 0.467. The number of carbonyl (C=O) groups is 2. The van der Waals surface area contributed by atoms with E-state index in [-0.39, 0.29) is 25.0 Å². The van der Waals surface area contributed by atoms with Crippen molar-refractivity contribution >= 4 is 17.6 Å². The van der Waals surface area contributed by atoms with Crippen molar-refractivity contribution in [2.45, 2.75) is 20.8 Å². The summed E-state index contributed by atoms with van der Waals surface area (Å²) in [5.41, 5.74) is 3.08. The summed E-state index contributed by atoms with van der Waals surface area (Å²) in [4.78, 5) is 24.8. The number of rotatable bonds is 6. The predicted molar refractivity (Wildman–Crippen MR) is 78.7 cm³/mol. The second kappa shape index (κ2) is 7.65. The SMILES string of the molecule is CCOC(=O)CN(C)CC(=O)Nc1ccc(C)c(C)c1. The summed E-state index contributed by atoms with van der Waals surface area (Å²) < 4.78 is 4.83. The second-order valence-corrected chi connectivity index (χ2v) is 4.82. The van der Waals surface area contributed by atoms with Crippen molar-refractivity contribution in [2.24, 2.45) is 0 Å². The number of amides is 1. The van der Waals surface area contributed by atoms with Gasteiger partial charge in [-0.1, -0.05) is 6.07 Å². The van der Waals surface area contributed by atoms with Crippen LogP contribution in [-0.4, -0.2) is 43.5 Å². The molecule has 0 saturated carbocycles. The Morgan fingerprint density at radius 3 is 2.50 bits per heavy atom. The molecule has 5 nitrogen and oxygen atoms in total. The molecule has 0 unspecified atom stereocenters. The van der Waals surface area contributed by atoms with E-state index in [4.69, 9.17) is 4.74 Å². The van der Waals surface area contributed by atoms with Gasteiger partial charge >= 0.3 is 5.97 Å². The van der Waals surface area contributed by atoms with E-state index < -0.39 is 0 Å². The lowest BCUT2D eigenvalue weighted by molar-refractivity contribution is -0.144. The van der Waals surface area contributed by atoms with Crippen LogP contribution in [-0.2, 0) is 14.3 Å². The van der Waals surface area contributed by atoms with Crippen molar-refractivity contribution in [1.82, 2.24) is 4.90 Å². The van der Waals surface area contributed by atoms with Gasteiger partial charge in [0.1, 0.15) is 0 Å². The number of hydrogen-bond donors (Lipinski definition) is 1. The van der Waals surface area contributed by atoms with Gasteiger partial charge in [-0.15, -0.1) is 0 Å². The molecule has 1 amide bonds. The van der Waals surface area contributed by atoms with Crippen molar-refractivity contribution in [2.75, 3.05) is 32.1 Å². The van der Waals surface area contributed by atoms with Crippen molar-refractivity contribution in [3.8, 4) is 0 Å². The highest BCUT2D eigenvalue weighted by Gasteiger charge is 2.11. The Kier molecular flexibility index (Phi) is 6.18. The molecule has 0 fully saturated rings. The van der Waals surface area contributed by atoms with Gasteiger partial charge in [0.25, 0.3) is 0 Å². The Labute approximate surface area is 119 Å². The molecule has 0 aliphatic carbocycles. The number of carbonyl (C=O) groups excluding carboxylic acids is 2. The molecule has 0 aliphatic rings. The van der Waals surface area contributed by atoms with Gasteiger partial charge in [0, 0.05) is 5.69 Å². The number of esters is 1. The van der Waals surface area contributed by atoms with Crippen LogP contribution in [0, 0.1) is 13.8 Å². The maximum Gasteiger partial charge on any atom is 0.320 e. The minimum Gasteiger partial charge on any atom is -0.465 e. The fourth-order valence-corrected chi connectivity index (χ4v) is 1.75. The summed E-state index contributed by atoms with van der Waals surface area (Å²) in [6.07, 6.45) is 0. The minimum atomic E-state index is -0.325. The monoisotopic (exact) mass is 278 g/mol. The Morgan fingerprint density at radius 1 is 1.20 bits per heavy atom. The summed E-state index contributed by atoms with van der Waals surface area (Å²) in [6.45, 7) is 6.37. The first-order chi connectivity index (χ1) is 9.42. The number of anilines is 1. The summed E-state index contributed by atoms with van der Waals surface area (Å²) in [7, 11) is 1.71. The average molecular weight is 278 g/mol. The van der Waals surface area contributed by atoms with Crippen LogP contribution in [0.3, 0.4) is 0 Å². The highest BCUT2D eigenvalue weighted by molar-refractivity contribution is 5.92. The van der Waals surface area contributed by atoms with Crippen LogP contribution in [0.15, 0.2) is 18.2 Å². The summed E-state index contributed by atoms with van der Waals surface area (Å²) in [5.74, 6) is -0.478. The van der Waals surface area contributed by atoms with Crippen molar-refractivity contribution in [3.63, 3.8) is 0 Å². The van der Waals surface area contributed by atoms with Crippen LogP contribution in [0.4, 0.5) is 5.69 Å². The van der Waals surface area contributed by atoms with Gasteiger partial charge in [0.2, 0.25) is 5.91 Å². The zero-order chi connectivity index (χ0) is 15.1. The highest BCUT2D eigenvalue weighted by atomic mass is 16.5. The van der Waals surface area contributed by atoms with Crippen LogP contribution in [0.25, 0.3) is 0 Å². The lowest BCUT2D eigenvalue weighted by Crippen LogP contribution is -2.34. The van der Waals surface area contributed by atoms with E-state index in [1.165, 1.54) is 5.56 Å². The Morgan fingerprint density at radius 2 is 1.90 bits per heavy atom. The molecule has 0 aromatic heterocycles. The summed E-state index contributed by atoms with van der Waals surface area (Å²) >= 11 is 0. The standard InChI is InChI=1S/C15H22N2O3/c1-5-20-15(19)10-17(4)9-14(18)16-13-7-6-11(2)12(3)8-13/h6-8H,5,9-10H2,1-4H3,(H,16,18). The predicted octanol–water partition coefficient (Wildman–Crippen LogP) is 1.74. The van der Waals surface area contributed by atoms with E-state index in [9.17, 15) is 9.59 Å². The maximum atomic E-state index is 11.9. The van der Waals surface area contributed by atoms with E-state index >= 15 is 0 Å². The lowest BCUT2D eigenvalue weighted by atomic mass is 10.1. The van der Waals surface area contributed by atoms with E-state index in [0.29, 0.717) is 6.61 Å². The third kappa shape index (κ3) is 5.40. The Bertz CT molecular complexity index is 486. The molecular weight excluding hydrogens is 256 g/mol. The van der Waals surface area contributed by atoms with Crippen LogP contribution in [0.5, 0.6) is 0 Å². The smallest absolute Gasteiger partial charge is 0.320 e. The molecule has 0 spiro atoms. The molecule has 20 heavy (non-hydrogen) atoms. The van der Waals surface area contributed by atoms with E-state index in [2.05, 4.69) is 5.32 Å². The van der Waals surface area contributed by atoms with Gasteiger partial charge in [0.05, 0.1) is 19.7 Å². The molecule has 1 aromatic carbocycles. The Hall–Kier alpha value is -1.88. The molecule has 1 rings (SSSR count). The van der Waals surface area contributed by atoms with E-state index in [1.54, 1.807) is 18.9 Å². The molecule has 0 radical (unpaired) electrons. The topological polar surface area (TPSA) is 58.6 Å². The third-order valence-corrected chi connectivity index (χ3v) is 2.91. The number of ether oxygens (including phenoxy) is 1. The highest BCUT2D eigenvalue weighted by Crippen LogP contribution is 2.13. The normalized spacial score (nSPS) is 10.4. The molecular formula is C15H22N2O3. The number of nitrogens with one attached hydrogen (secondary N) is 1. The largest absolute Gasteiger partial charge is 0.465 e. The van der Waals surface area contributed by atoms with Crippen molar-refractivity contribution in [1.29, 1.82) is 0 Å². The molecule has 0 saturated heterocycles. The molecule has 110 valence electrons. The summed E-state index contributed by atoms with van der Waals surface area (Å²) in [6, 6.07) is 5.76. The number of benzene rings is 1. The van der Waals surface area contributed by atoms with Crippen LogP contribution in [0.1, 0.15) is 18.1 Å². The van der Waals surface area contributed by atoms with Crippen molar-refractivity contribution < 1.29 is 14.3 Å². The zero-order valence-corrected chi connectivity index (χ0v) is 12.5. The van der Waals surface area contributed by atoms with Gasteiger partial charge in [-0.3, -0.25) is 14.5 Å². The van der Waals surface area contributed by atoms with Gasteiger partial charge in [-0.2, -0.15) is 0 Å². The molecule has 0 aliphatic heterocycles. The van der Waals surface area contributed by atoms with Gasteiger partial charge in [0.15, 0.2) is 0 Å². The minimum absolute atomic E-state index is 0.105. The Balaban J connectivity index is 2.46. The first kappa shape index (κ1) is 16.2. The van der Waals surface area contributed by atoms with Gasteiger partial charge < -0.3 is 10.1 Å². The number of aryl methyl sites for hydroxylation is 2. The number of likely N-dealkylation sites (N-methyl/N-ethyl adjacent to an activating group) is 1. The number of nitrogens with zero attached hydrogens (tertiary/aromatic N) is 1. The molecule has 0 atom stereocenters. The van der Waals surface area contributed by atoms with Crippen LogP contribution < -0.4 is 5.32 Å². The van der Waals surface area contributed by atoms with Crippen LogP contribution in [0.2, 0.25) is 0 Å². The molecule has 1 aromatic rings. The second-order valence-electron chi connectivity index (χ2n) is 4.82. The third-order valence-electron chi connectivity index (χ3n) is 2.91. The zero-order valence-electron chi connectivity index (χ0n) is 12.5. The molecule has 0 bridgehead atoms. The van der Waals surface area contributed by atoms with Gasteiger partial charge in [-0.25, -0.2) is 0 Å². The maximum absolute atomic E-state index is 11.9. The fourth-order valence-electron chi connectivity index (χ4n) is 1.75. The van der Waals surface area contributed by atoms with Crippen molar-refractivity contribution in [3.05, 3.63) is 29.3 Å². The first-order valence-electron chi connectivity index (χ1n) is 6.63. The van der Waals surface area contributed by atoms with E-state index in [0.717, 1.165) is 11.3 Å². The number of hydrogen-bond acceptors (Lipinski definition) is 4. The average Bonchev–Trinajstić information content (AvgIpc) is 2.33. The van der Waals surface area contributed by atoms with Crippen LogP contribution >= 0.6 is 0 Å². The quantitative estimate of drug-likeness (QED) is 0.805. The lowest BCUT2D eigenvalue weighted by Gasteiger charge is -2.15.